The zero-order valence-corrected chi connectivity index (χ0v) is 16.5. The van der Waals surface area contributed by atoms with E-state index in [2.05, 4.69) is 29.5 Å². The molecule has 1 amide bonds. The Morgan fingerprint density at radius 2 is 1.82 bits per heavy atom. The highest BCUT2D eigenvalue weighted by atomic mass is 16.2. The van der Waals surface area contributed by atoms with E-state index in [1.807, 2.05) is 55.5 Å². The van der Waals surface area contributed by atoms with Gasteiger partial charge in [-0.25, -0.2) is 4.79 Å². The van der Waals surface area contributed by atoms with E-state index in [4.69, 9.17) is 0 Å². The Balaban J connectivity index is 1.85. The molecule has 2 N–H and O–H groups in total. The predicted molar refractivity (Wildman–Crippen MR) is 114 cm³/mol. The second kappa shape index (κ2) is 8.69. The zero-order chi connectivity index (χ0) is 20.1. The van der Waals surface area contributed by atoms with Crippen LogP contribution < -0.4 is 16.3 Å². The third-order valence-corrected chi connectivity index (χ3v) is 4.54. The molecule has 2 aromatic carbocycles. The third kappa shape index (κ3) is 4.76. The molecular formula is C22H26N4O2. The number of nitrogens with one attached hydrogen (secondary N) is 2. The minimum Gasteiger partial charge on any atom is -0.369 e. The van der Waals surface area contributed by atoms with Gasteiger partial charge in [-0.3, -0.25) is 9.36 Å². The van der Waals surface area contributed by atoms with Gasteiger partial charge in [-0.05, 0) is 43.5 Å². The summed E-state index contributed by atoms with van der Waals surface area (Å²) in [5.74, 6) is 0.861. The van der Waals surface area contributed by atoms with Gasteiger partial charge in [0.15, 0.2) is 0 Å². The first-order valence-electron chi connectivity index (χ1n) is 9.54. The Morgan fingerprint density at radius 1 is 1.11 bits per heavy atom. The van der Waals surface area contributed by atoms with Gasteiger partial charge in [-0.2, -0.15) is 4.98 Å². The standard InChI is InChI=1S/C22H26N4O2/c1-15(2)12-13-23-21-18-6-4-5-7-19(18)26(22(28)25-21)14-20(27)24-17-10-8-16(3)9-11-17/h4-11,15H,12-14H2,1-3H3,(H,24,27)(H,23,25,28). The van der Waals surface area contributed by atoms with Gasteiger partial charge in [0.2, 0.25) is 5.91 Å². The number of carbonyl (C=O) groups is 1. The van der Waals surface area contributed by atoms with E-state index in [9.17, 15) is 9.59 Å². The number of rotatable bonds is 7. The Hall–Kier alpha value is -3.15. The summed E-state index contributed by atoms with van der Waals surface area (Å²) in [6.07, 6.45) is 0.984. The molecule has 0 bridgehead atoms. The van der Waals surface area contributed by atoms with E-state index in [0.717, 1.165) is 23.9 Å². The molecule has 1 heterocycles. The highest BCUT2D eigenvalue weighted by Crippen LogP contribution is 2.19. The highest BCUT2D eigenvalue weighted by molar-refractivity contribution is 5.93. The van der Waals surface area contributed by atoms with Crippen LogP contribution in [-0.4, -0.2) is 22.0 Å². The third-order valence-electron chi connectivity index (χ3n) is 4.54. The first-order valence-corrected chi connectivity index (χ1v) is 9.54. The summed E-state index contributed by atoms with van der Waals surface area (Å²) in [4.78, 5) is 29.3. The minimum atomic E-state index is -0.440. The molecule has 0 aliphatic carbocycles. The van der Waals surface area contributed by atoms with Crippen molar-refractivity contribution in [3.8, 4) is 0 Å². The molecule has 0 spiro atoms. The average Bonchev–Trinajstić information content (AvgIpc) is 2.66. The van der Waals surface area contributed by atoms with Gasteiger partial charge in [-0.15, -0.1) is 0 Å². The van der Waals surface area contributed by atoms with Gasteiger partial charge in [-0.1, -0.05) is 43.7 Å². The zero-order valence-electron chi connectivity index (χ0n) is 16.5. The molecule has 0 atom stereocenters. The first-order chi connectivity index (χ1) is 13.4. The number of hydrogen-bond donors (Lipinski definition) is 2. The Morgan fingerprint density at radius 3 is 2.54 bits per heavy atom. The second-order valence-electron chi connectivity index (χ2n) is 7.37. The molecule has 6 heteroatoms. The van der Waals surface area contributed by atoms with Crippen LogP contribution in [0.4, 0.5) is 11.5 Å². The molecule has 0 aliphatic heterocycles. The summed E-state index contributed by atoms with van der Waals surface area (Å²) >= 11 is 0. The normalized spacial score (nSPS) is 11.0. The number of nitrogens with zero attached hydrogens (tertiary/aromatic N) is 2. The van der Waals surface area contributed by atoms with Crippen molar-refractivity contribution >= 4 is 28.3 Å². The largest absolute Gasteiger partial charge is 0.369 e. The van der Waals surface area contributed by atoms with E-state index in [1.54, 1.807) is 0 Å². The molecule has 3 rings (SSSR count). The number of amides is 1. The van der Waals surface area contributed by atoms with Crippen molar-refractivity contribution in [2.75, 3.05) is 17.2 Å². The lowest BCUT2D eigenvalue weighted by Crippen LogP contribution is -2.30. The van der Waals surface area contributed by atoms with Crippen LogP contribution in [-0.2, 0) is 11.3 Å². The maximum absolute atomic E-state index is 12.6. The number of aromatic nitrogens is 2. The van der Waals surface area contributed by atoms with Crippen molar-refractivity contribution in [1.29, 1.82) is 0 Å². The Labute approximate surface area is 164 Å². The second-order valence-corrected chi connectivity index (χ2v) is 7.37. The molecule has 0 unspecified atom stereocenters. The fourth-order valence-electron chi connectivity index (χ4n) is 2.98. The summed E-state index contributed by atoms with van der Waals surface area (Å²) in [6, 6.07) is 15.0. The molecule has 0 saturated carbocycles. The maximum atomic E-state index is 12.6. The number of fused-ring (bicyclic) bond motifs is 1. The van der Waals surface area contributed by atoms with Crippen molar-refractivity contribution in [2.45, 2.75) is 33.7 Å². The summed E-state index contributed by atoms with van der Waals surface area (Å²) in [6.45, 7) is 6.94. The number of anilines is 2. The van der Waals surface area contributed by atoms with E-state index in [0.29, 0.717) is 22.9 Å². The van der Waals surface area contributed by atoms with Crippen molar-refractivity contribution in [1.82, 2.24) is 9.55 Å². The molecule has 6 nitrogen and oxygen atoms in total. The van der Waals surface area contributed by atoms with Crippen molar-refractivity contribution in [3.05, 3.63) is 64.6 Å². The topological polar surface area (TPSA) is 76.0 Å². The van der Waals surface area contributed by atoms with E-state index in [-0.39, 0.29) is 12.5 Å². The summed E-state index contributed by atoms with van der Waals surface area (Å²) in [7, 11) is 0. The maximum Gasteiger partial charge on any atom is 0.350 e. The van der Waals surface area contributed by atoms with Crippen molar-refractivity contribution in [2.24, 2.45) is 5.92 Å². The molecule has 0 radical (unpaired) electrons. The summed E-state index contributed by atoms with van der Waals surface area (Å²) in [5, 5.41) is 6.92. The molecule has 146 valence electrons. The summed E-state index contributed by atoms with van der Waals surface area (Å²) in [5.41, 5.74) is 2.07. The van der Waals surface area contributed by atoms with Crippen LogP contribution in [0.5, 0.6) is 0 Å². The van der Waals surface area contributed by atoms with E-state index < -0.39 is 5.69 Å². The number of hydrogen-bond acceptors (Lipinski definition) is 4. The van der Waals surface area contributed by atoms with Crippen LogP contribution in [0.2, 0.25) is 0 Å². The van der Waals surface area contributed by atoms with E-state index in [1.165, 1.54) is 4.57 Å². The lowest BCUT2D eigenvalue weighted by atomic mass is 10.1. The van der Waals surface area contributed by atoms with Gasteiger partial charge in [0.1, 0.15) is 12.4 Å². The van der Waals surface area contributed by atoms with E-state index >= 15 is 0 Å². The molecular weight excluding hydrogens is 352 g/mol. The van der Waals surface area contributed by atoms with Gasteiger partial charge >= 0.3 is 5.69 Å². The SMILES string of the molecule is Cc1ccc(NC(=O)Cn2c(=O)nc(NCCC(C)C)c3ccccc32)cc1. The molecule has 0 saturated heterocycles. The fourth-order valence-corrected chi connectivity index (χ4v) is 2.98. The molecule has 3 aromatic rings. The van der Waals surface area contributed by atoms with Crippen LogP contribution in [0.25, 0.3) is 10.9 Å². The number of carbonyl (C=O) groups excluding carboxylic acids is 1. The molecule has 28 heavy (non-hydrogen) atoms. The van der Waals surface area contributed by atoms with Gasteiger partial charge in [0.05, 0.1) is 5.52 Å². The number of aryl methyl sites for hydroxylation is 1. The minimum absolute atomic E-state index is 0.0908. The molecule has 0 fully saturated rings. The average molecular weight is 378 g/mol. The lowest BCUT2D eigenvalue weighted by Gasteiger charge is -2.14. The van der Waals surface area contributed by atoms with Gasteiger partial charge < -0.3 is 10.6 Å². The Bertz CT molecular complexity index is 1020. The first kappa shape index (κ1) is 19.6. The highest BCUT2D eigenvalue weighted by Gasteiger charge is 2.13. The van der Waals surface area contributed by atoms with Gasteiger partial charge in [0, 0.05) is 17.6 Å². The number of benzene rings is 2. The van der Waals surface area contributed by atoms with Crippen LogP contribution in [0, 0.1) is 12.8 Å². The van der Waals surface area contributed by atoms with Crippen molar-refractivity contribution in [3.63, 3.8) is 0 Å². The van der Waals surface area contributed by atoms with Crippen LogP contribution in [0.15, 0.2) is 53.3 Å². The Kier molecular flexibility index (Phi) is 6.09. The smallest absolute Gasteiger partial charge is 0.350 e. The predicted octanol–water partition coefficient (Wildman–Crippen LogP) is 3.80. The van der Waals surface area contributed by atoms with Crippen LogP contribution >= 0.6 is 0 Å². The fraction of sp³-hybridized carbons (Fsp3) is 0.318. The van der Waals surface area contributed by atoms with Crippen molar-refractivity contribution < 1.29 is 4.79 Å². The molecule has 1 aromatic heterocycles. The van der Waals surface area contributed by atoms with Crippen LogP contribution in [0.1, 0.15) is 25.8 Å². The van der Waals surface area contributed by atoms with Crippen LogP contribution in [0.3, 0.4) is 0 Å². The lowest BCUT2D eigenvalue weighted by molar-refractivity contribution is -0.116. The number of para-hydroxylation sites is 1. The molecule has 0 aliphatic rings. The quantitative estimate of drug-likeness (QED) is 0.656. The monoisotopic (exact) mass is 378 g/mol. The van der Waals surface area contributed by atoms with Gasteiger partial charge in [0.25, 0.3) is 0 Å². The summed E-state index contributed by atoms with van der Waals surface area (Å²) < 4.78 is 1.41.